The Morgan fingerprint density at radius 2 is 2.22 bits per heavy atom. The van der Waals surface area contributed by atoms with Gasteiger partial charge >= 0.3 is 0 Å². The van der Waals surface area contributed by atoms with E-state index in [1.54, 1.807) is 0 Å². The van der Waals surface area contributed by atoms with Gasteiger partial charge < -0.3 is 16.0 Å². The average molecular weight is 249 g/mol. The number of nitrogens with zero attached hydrogens (tertiary/aromatic N) is 3. The van der Waals surface area contributed by atoms with Crippen molar-refractivity contribution in [1.29, 1.82) is 0 Å². The molecule has 3 N–H and O–H groups in total. The number of aromatic nitrogens is 1. The number of guanidine groups is 1. The van der Waals surface area contributed by atoms with Gasteiger partial charge in [0.1, 0.15) is 5.82 Å². The van der Waals surface area contributed by atoms with E-state index in [9.17, 15) is 0 Å². The van der Waals surface area contributed by atoms with Crippen molar-refractivity contribution in [3.05, 3.63) is 23.9 Å². The molecule has 1 rings (SSSR count). The van der Waals surface area contributed by atoms with Crippen molar-refractivity contribution in [2.45, 2.75) is 32.9 Å². The molecule has 1 heterocycles. The summed E-state index contributed by atoms with van der Waals surface area (Å²) in [5, 5.41) is 3.13. The molecule has 1 aromatic rings. The number of hydrogen-bond donors (Lipinski definition) is 2. The minimum atomic E-state index is 0.342. The normalized spacial score (nSPS) is 13.2. The van der Waals surface area contributed by atoms with Crippen molar-refractivity contribution >= 4 is 11.8 Å². The second-order valence-electron chi connectivity index (χ2n) is 4.54. The van der Waals surface area contributed by atoms with Gasteiger partial charge in [-0.05, 0) is 25.5 Å². The summed E-state index contributed by atoms with van der Waals surface area (Å²) in [5.74, 6) is 1.40. The van der Waals surface area contributed by atoms with Crippen LogP contribution in [0.5, 0.6) is 0 Å². The molecule has 0 fully saturated rings. The maximum absolute atomic E-state index is 5.80. The molecule has 1 unspecified atom stereocenters. The van der Waals surface area contributed by atoms with E-state index in [1.165, 1.54) is 0 Å². The van der Waals surface area contributed by atoms with E-state index in [0.717, 1.165) is 17.9 Å². The molecular formula is C13H23N5. The molecule has 1 atom stereocenters. The summed E-state index contributed by atoms with van der Waals surface area (Å²) < 4.78 is 0. The molecule has 100 valence electrons. The van der Waals surface area contributed by atoms with E-state index < -0.39 is 0 Å². The fourth-order valence-corrected chi connectivity index (χ4v) is 1.37. The lowest BCUT2D eigenvalue weighted by atomic mass is 10.3. The van der Waals surface area contributed by atoms with Crippen molar-refractivity contribution in [3.63, 3.8) is 0 Å². The predicted molar refractivity (Wildman–Crippen MR) is 76.8 cm³/mol. The highest BCUT2D eigenvalue weighted by Gasteiger charge is 2.01. The largest absolute Gasteiger partial charge is 0.370 e. The molecule has 0 aliphatic heterocycles. The average Bonchev–Trinajstić information content (AvgIpc) is 2.36. The Morgan fingerprint density at radius 3 is 2.83 bits per heavy atom. The van der Waals surface area contributed by atoms with Gasteiger partial charge in [0, 0.05) is 20.1 Å². The highest BCUT2D eigenvalue weighted by atomic mass is 15.1. The Kier molecular flexibility index (Phi) is 5.42. The summed E-state index contributed by atoms with van der Waals surface area (Å²) in [6.45, 7) is 4.68. The Bertz CT molecular complexity index is 400. The van der Waals surface area contributed by atoms with Gasteiger partial charge in [-0.25, -0.2) is 9.98 Å². The predicted octanol–water partition coefficient (Wildman–Crippen LogP) is 1.35. The van der Waals surface area contributed by atoms with E-state index in [4.69, 9.17) is 5.73 Å². The lowest BCUT2D eigenvalue weighted by Gasteiger charge is -2.13. The van der Waals surface area contributed by atoms with Crippen molar-refractivity contribution in [3.8, 4) is 0 Å². The summed E-state index contributed by atoms with van der Waals surface area (Å²) >= 11 is 0. The third kappa shape index (κ3) is 4.61. The third-order valence-electron chi connectivity index (χ3n) is 2.67. The van der Waals surface area contributed by atoms with Crippen molar-refractivity contribution in [2.24, 2.45) is 10.7 Å². The Balaban J connectivity index is 2.62. The van der Waals surface area contributed by atoms with Gasteiger partial charge in [-0.15, -0.1) is 0 Å². The molecule has 0 saturated heterocycles. The third-order valence-corrected chi connectivity index (χ3v) is 2.67. The SMILES string of the molecule is CCC(C)NC(N)=NCc1cccc(N(C)C)n1. The van der Waals surface area contributed by atoms with Crippen LogP contribution in [0.1, 0.15) is 26.0 Å². The molecule has 0 saturated carbocycles. The second kappa shape index (κ2) is 6.83. The van der Waals surface area contributed by atoms with Crippen LogP contribution >= 0.6 is 0 Å². The fraction of sp³-hybridized carbons (Fsp3) is 0.538. The molecule has 0 aliphatic carbocycles. The number of rotatable bonds is 5. The minimum absolute atomic E-state index is 0.342. The molecule has 0 aliphatic rings. The van der Waals surface area contributed by atoms with Gasteiger partial charge in [0.2, 0.25) is 0 Å². The van der Waals surface area contributed by atoms with Crippen LogP contribution in [0.4, 0.5) is 5.82 Å². The van der Waals surface area contributed by atoms with Gasteiger partial charge in [-0.1, -0.05) is 13.0 Å². The Labute approximate surface area is 109 Å². The van der Waals surface area contributed by atoms with E-state index in [2.05, 4.69) is 29.1 Å². The lowest BCUT2D eigenvalue weighted by molar-refractivity contribution is 0.636. The highest BCUT2D eigenvalue weighted by molar-refractivity contribution is 5.78. The summed E-state index contributed by atoms with van der Waals surface area (Å²) in [4.78, 5) is 10.7. The number of hydrogen-bond acceptors (Lipinski definition) is 3. The highest BCUT2D eigenvalue weighted by Crippen LogP contribution is 2.08. The number of aliphatic imine (C=N–C) groups is 1. The first-order valence-electron chi connectivity index (χ1n) is 6.22. The van der Waals surface area contributed by atoms with E-state index >= 15 is 0 Å². The molecule has 0 bridgehead atoms. The van der Waals surface area contributed by atoms with Gasteiger partial charge in [-0.3, -0.25) is 0 Å². The number of nitrogens with two attached hydrogens (primary N) is 1. The first kappa shape index (κ1) is 14.3. The standard InChI is InChI=1S/C13H23N5/c1-5-10(2)16-13(14)15-9-11-7-6-8-12(17-11)18(3)4/h6-8,10H,5,9H2,1-4H3,(H3,14,15,16). The zero-order chi connectivity index (χ0) is 13.5. The lowest BCUT2D eigenvalue weighted by Crippen LogP contribution is -2.38. The summed E-state index contributed by atoms with van der Waals surface area (Å²) in [7, 11) is 3.93. The monoisotopic (exact) mass is 249 g/mol. The quantitative estimate of drug-likeness (QED) is 0.610. The number of nitrogens with one attached hydrogen (secondary N) is 1. The summed E-state index contributed by atoms with van der Waals surface area (Å²) in [6, 6.07) is 6.24. The van der Waals surface area contributed by atoms with Crippen molar-refractivity contribution in [2.75, 3.05) is 19.0 Å². The van der Waals surface area contributed by atoms with Crippen LogP contribution < -0.4 is 16.0 Å². The van der Waals surface area contributed by atoms with Crippen LogP contribution in [0.15, 0.2) is 23.2 Å². The molecular weight excluding hydrogens is 226 g/mol. The fourth-order valence-electron chi connectivity index (χ4n) is 1.37. The van der Waals surface area contributed by atoms with Gasteiger partial charge in [0.15, 0.2) is 5.96 Å². The van der Waals surface area contributed by atoms with E-state index in [0.29, 0.717) is 18.5 Å². The maximum atomic E-state index is 5.80. The van der Waals surface area contributed by atoms with E-state index in [1.807, 2.05) is 37.2 Å². The molecule has 5 heteroatoms. The zero-order valence-corrected chi connectivity index (χ0v) is 11.6. The number of anilines is 1. The van der Waals surface area contributed by atoms with Gasteiger partial charge in [-0.2, -0.15) is 0 Å². The smallest absolute Gasteiger partial charge is 0.189 e. The second-order valence-corrected chi connectivity index (χ2v) is 4.54. The molecule has 0 aromatic carbocycles. The molecule has 0 spiro atoms. The first-order chi connectivity index (χ1) is 8.52. The van der Waals surface area contributed by atoms with E-state index in [-0.39, 0.29) is 0 Å². The van der Waals surface area contributed by atoms with Crippen LogP contribution in [-0.4, -0.2) is 31.1 Å². The minimum Gasteiger partial charge on any atom is -0.370 e. The number of pyridine rings is 1. The Hall–Kier alpha value is -1.78. The van der Waals surface area contributed by atoms with Crippen molar-refractivity contribution < 1.29 is 0 Å². The molecule has 0 radical (unpaired) electrons. The van der Waals surface area contributed by atoms with Crippen LogP contribution in [0.25, 0.3) is 0 Å². The van der Waals surface area contributed by atoms with Gasteiger partial charge in [0.25, 0.3) is 0 Å². The summed E-state index contributed by atoms with van der Waals surface area (Å²) in [5.41, 5.74) is 6.71. The van der Waals surface area contributed by atoms with Gasteiger partial charge in [0.05, 0.1) is 12.2 Å². The Morgan fingerprint density at radius 1 is 1.50 bits per heavy atom. The van der Waals surface area contributed by atoms with Crippen LogP contribution in [0.3, 0.4) is 0 Å². The van der Waals surface area contributed by atoms with Crippen molar-refractivity contribution in [1.82, 2.24) is 10.3 Å². The van der Waals surface area contributed by atoms with Crippen LogP contribution in [0, 0.1) is 0 Å². The maximum Gasteiger partial charge on any atom is 0.189 e. The molecule has 1 aromatic heterocycles. The molecule has 0 amide bonds. The zero-order valence-electron chi connectivity index (χ0n) is 11.6. The summed E-state index contributed by atoms with van der Waals surface area (Å²) in [6.07, 6.45) is 1.02. The van der Waals surface area contributed by atoms with Crippen LogP contribution in [-0.2, 0) is 6.54 Å². The molecule has 5 nitrogen and oxygen atoms in total. The van der Waals surface area contributed by atoms with Crippen LogP contribution in [0.2, 0.25) is 0 Å². The first-order valence-corrected chi connectivity index (χ1v) is 6.22. The molecule has 18 heavy (non-hydrogen) atoms. The topological polar surface area (TPSA) is 66.5 Å².